The molecule has 0 atom stereocenters. The van der Waals surface area contributed by atoms with Gasteiger partial charge in [0.2, 0.25) is 11.7 Å². The van der Waals surface area contributed by atoms with E-state index in [4.69, 9.17) is 4.52 Å². The largest absolute Gasteiger partial charge is 0.338 e. The lowest BCUT2D eigenvalue weighted by Crippen LogP contribution is -2.48. The Kier molecular flexibility index (Phi) is 3.42. The molecule has 1 aliphatic rings. The Morgan fingerprint density at radius 1 is 1.39 bits per heavy atom. The number of pyridine rings is 1. The first-order valence-electron chi connectivity index (χ1n) is 7.30. The first-order chi connectivity index (χ1) is 11.2. The maximum absolute atomic E-state index is 12.3. The van der Waals surface area contributed by atoms with Gasteiger partial charge >= 0.3 is 0 Å². The quantitative estimate of drug-likeness (QED) is 0.740. The van der Waals surface area contributed by atoms with E-state index in [0.29, 0.717) is 30.5 Å². The summed E-state index contributed by atoms with van der Waals surface area (Å²) in [5, 5.41) is 5.96. The Bertz CT molecular complexity index is 837. The van der Waals surface area contributed by atoms with E-state index in [-0.39, 0.29) is 11.8 Å². The maximum atomic E-state index is 12.3. The lowest BCUT2D eigenvalue weighted by molar-refractivity contribution is 0.0574. The van der Waals surface area contributed by atoms with Crippen LogP contribution in [0.25, 0.3) is 11.5 Å². The van der Waals surface area contributed by atoms with Crippen LogP contribution in [0.5, 0.6) is 0 Å². The van der Waals surface area contributed by atoms with Crippen LogP contribution in [-0.2, 0) is 0 Å². The summed E-state index contributed by atoms with van der Waals surface area (Å²) in [6.07, 6.45) is 1.69. The number of hydrogen-bond acceptors (Lipinski definition) is 6. The monoisotopic (exact) mass is 326 g/mol. The molecule has 0 spiro atoms. The van der Waals surface area contributed by atoms with Gasteiger partial charge in [0.15, 0.2) is 0 Å². The number of nitrogens with zero attached hydrogens (tertiary/aromatic N) is 4. The van der Waals surface area contributed by atoms with Gasteiger partial charge in [-0.2, -0.15) is 4.98 Å². The number of carbonyl (C=O) groups is 1. The number of thiophene rings is 1. The van der Waals surface area contributed by atoms with Crippen molar-refractivity contribution < 1.29 is 9.32 Å². The number of aromatic nitrogens is 3. The molecular weight excluding hydrogens is 312 g/mol. The standard InChI is InChI=1S/C16H14N4O2S/c1-10-6-13(23-9-10)16(21)20-7-11(8-20)15-18-14(19-22-15)12-4-2-3-5-17-12/h2-6,9,11H,7-8H2,1H3. The molecule has 0 radical (unpaired) electrons. The normalized spacial score (nSPS) is 14.7. The molecule has 6 nitrogen and oxygen atoms in total. The van der Waals surface area contributed by atoms with Gasteiger partial charge in [0.05, 0.1) is 10.8 Å². The summed E-state index contributed by atoms with van der Waals surface area (Å²) in [4.78, 5) is 23.5. The molecule has 1 aliphatic heterocycles. The zero-order valence-corrected chi connectivity index (χ0v) is 13.3. The van der Waals surface area contributed by atoms with Gasteiger partial charge in [-0.15, -0.1) is 11.3 Å². The number of hydrogen-bond donors (Lipinski definition) is 0. The van der Waals surface area contributed by atoms with Crippen LogP contribution in [0.3, 0.4) is 0 Å². The highest BCUT2D eigenvalue weighted by molar-refractivity contribution is 7.12. The van der Waals surface area contributed by atoms with E-state index in [9.17, 15) is 4.79 Å². The van der Waals surface area contributed by atoms with Crippen LogP contribution in [0, 0.1) is 6.92 Å². The van der Waals surface area contributed by atoms with Crippen molar-refractivity contribution in [2.45, 2.75) is 12.8 Å². The molecule has 3 aromatic heterocycles. The van der Waals surface area contributed by atoms with Gasteiger partial charge in [0.25, 0.3) is 5.91 Å². The summed E-state index contributed by atoms with van der Waals surface area (Å²) < 4.78 is 5.32. The number of rotatable bonds is 3. The smallest absolute Gasteiger partial charge is 0.263 e. The number of aryl methyl sites for hydroxylation is 1. The summed E-state index contributed by atoms with van der Waals surface area (Å²) in [5.41, 5.74) is 1.80. The van der Waals surface area contributed by atoms with Crippen molar-refractivity contribution in [3.05, 3.63) is 52.2 Å². The molecular formula is C16H14N4O2S. The lowest BCUT2D eigenvalue weighted by Gasteiger charge is -2.36. The molecule has 0 saturated carbocycles. The van der Waals surface area contributed by atoms with E-state index in [1.165, 1.54) is 11.3 Å². The van der Waals surface area contributed by atoms with Crippen molar-refractivity contribution in [2.75, 3.05) is 13.1 Å². The second-order valence-electron chi connectivity index (χ2n) is 5.57. The molecule has 3 aromatic rings. The second kappa shape index (κ2) is 5.58. The van der Waals surface area contributed by atoms with Gasteiger partial charge in [-0.3, -0.25) is 9.78 Å². The van der Waals surface area contributed by atoms with E-state index in [0.717, 1.165) is 10.4 Å². The number of amides is 1. The molecule has 4 rings (SSSR count). The average Bonchev–Trinajstić information content (AvgIpc) is 3.16. The third-order valence-electron chi connectivity index (χ3n) is 3.80. The minimum Gasteiger partial charge on any atom is -0.338 e. The molecule has 7 heteroatoms. The fourth-order valence-corrected chi connectivity index (χ4v) is 3.36. The van der Waals surface area contributed by atoms with Crippen LogP contribution < -0.4 is 0 Å². The minimum absolute atomic E-state index is 0.0730. The van der Waals surface area contributed by atoms with Crippen LogP contribution in [0.1, 0.15) is 27.0 Å². The Hall–Kier alpha value is -2.54. The highest BCUT2D eigenvalue weighted by Gasteiger charge is 2.36. The maximum Gasteiger partial charge on any atom is 0.263 e. The van der Waals surface area contributed by atoms with Gasteiger partial charge < -0.3 is 9.42 Å². The van der Waals surface area contributed by atoms with Gasteiger partial charge in [0.1, 0.15) is 5.69 Å². The SMILES string of the molecule is Cc1csc(C(=O)N2CC(c3nc(-c4ccccn4)no3)C2)c1. The molecule has 4 heterocycles. The molecule has 116 valence electrons. The molecule has 0 aliphatic carbocycles. The molecule has 1 amide bonds. The van der Waals surface area contributed by atoms with Crippen molar-refractivity contribution >= 4 is 17.2 Å². The Labute approximate surface area is 136 Å². The zero-order chi connectivity index (χ0) is 15.8. The Morgan fingerprint density at radius 2 is 2.26 bits per heavy atom. The summed E-state index contributed by atoms with van der Waals surface area (Å²) >= 11 is 1.48. The fourth-order valence-electron chi connectivity index (χ4n) is 2.50. The van der Waals surface area contributed by atoms with Crippen molar-refractivity contribution in [3.63, 3.8) is 0 Å². The van der Waals surface area contributed by atoms with Gasteiger partial charge in [0, 0.05) is 19.3 Å². The molecule has 1 fully saturated rings. The van der Waals surface area contributed by atoms with Gasteiger partial charge in [-0.1, -0.05) is 11.2 Å². The topological polar surface area (TPSA) is 72.1 Å². The second-order valence-corrected chi connectivity index (χ2v) is 6.48. The van der Waals surface area contributed by atoms with Crippen LogP contribution in [0.2, 0.25) is 0 Å². The number of carbonyl (C=O) groups excluding carboxylic acids is 1. The van der Waals surface area contributed by atoms with E-state index in [1.807, 2.05) is 36.6 Å². The highest BCUT2D eigenvalue weighted by atomic mass is 32.1. The molecule has 23 heavy (non-hydrogen) atoms. The van der Waals surface area contributed by atoms with Crippen molar-refractivity contribution in [2.24, 2.45) is 0 Å². The van der Waals surface area contributed by atoms with E-state index in [2.05, 4.69) is 15.1 Å². The van der Waals surface area contributed by atoms with Crippen LogP contribution >= 0.6 is 11.3 Å². The van der Waals surface area contributed by atoms with Crippen LogP contribution in [0.4, 0.5) is 0 Å². The summed E-state index contributed by atoms with van der Waals surface area (Å²) in [6.45, 7) is 3.21. The third-order valence-corrected chi connectivity index (χ3v) is 4.83. The first-order valence-corrected chi connectivity index (χ1v) is 8.18. The van der Waals surface area contributed by atoms with Crippen molar-refractivity contribution in [1.29, 1.82) is 0 Å². The summed E-state index contributed by atoms with van der Waals surface area (Å²) in [7, 11) is 0. The van der Waals surface area contributed by atoms with Crippen molar-refractivity contribution in [1.82, 2.24) is 20.0 Å². The van der Waals surface area contributed by atoms with Gasteiger partial charge in [-0.25, -0.2) is 0 Å². The zero-order valence-electron chi connectivity index (χ0n) is 12.5. The van der Waals surface area contributed by atoms with Crippen molar-refractivity contribution in [3.8, 4) is 11.5 Å². The molecule has 0 unspecified atom stereocenters. The molecule has 0 N–H and O–H groups in total. The molecule has 0 aromatic carbocycles. The molecule has 1 saturated heterocycles. The van der Waals surface area contributed by atoms with Crippen LogP contribution in [0.15, 0.2) is 40.4 Å². The summed E-state index contributed by atoms with van der Waals surface area (Å²) in [5.74, 6) is 1.23. The minimum atomic E-state index is 0.0730. The van der Waals surface area contributed by atoms with E-state index >= 15 is 0 Å². The van der Waals surface area contributed by atoms with E-state index in [1.54, 1.807) is 11.1 Å². The third kappa shape index (κ3) is 2.63. The molecule has 0 bridgehead atoms. The Morgan fingerprint density at radius 3 is 2.96 bits per heavy atom. The predicted molar refractivity (Wildman–Crippen MR) is 85.2 cm³/mol. The van der Waals surface area contributed by atoms with Crippen LogP contribution in [-0.4, -0.2) is 39.0 Å². The Balaban J connectivity index is 1.42. The van der Waals surface area contributed by atoms with E-state index < -0.39 is 0 Å². The predicted octanol–water partition coefficient (Wildman–Crippen LogP) is 2.74. The average molecular weight is 326 g/mol. The number of likely N-dealkylation sites (tertiary alicyclic amines) is 1. The fraction of sp³-hybridized carbons (Fsp3) is 0.250. The first kappa shape index (κ1) is 14.1. The van der Waals surface area contributed by atoms with Gasteiger partial charge in [-0.05, 0) is 36.1 Å². The lowest BCUT2D eigenvalue weighted by atomic mass is 10.00. The highest BCUT2D eigenvalue weighted by Crippen LogP contribution is 2.29. The summed E-state index contributed by atoms with van der Waals surface area (Å²) in [6, 6.07) is 7.48.